The molecule has 0 aliphatic carbocycles. The summed E-state index contributed by atoms with van der Waals surface area (Å²) in [6.07, 6.45) is 4.68. The number of hydrogen-bond acceptors (Lipinski definition) is 1. The highest BCUT2D eigenvalue weighted by molar-refractivity contribution is 5.71. The molecule has 2 nitrogen and oxygen atoms in total. The van der Waals surface area contributed by atoms with Crippen molar-refractivity contribution in [2.24, 2.45) is 0 Å². The molecule has 1 aromatic heterocycles. The van der Waals surface area contributed by atoms with E-state index in [4.69, 9.17) is 0 Å². The molecule has 0 unspecified atom stereocenters. The molecule has 0 aliphatic heterocycles. The lowest BCUT2D eigenvalue weighted by Crippen LogP contribution is -2.17. The van der Waals surface area contributed by atoms with Gasteiger partial charge in [-0.2, -0.15) is 0 Å². The largest absolute Gasteiger partial charge is 0.507 e. The fourth-order valence-corrected chi connectivity index (χ4v) is 2.92. The van der Waals surface area contributed by atoms with Crippen molar-refractivity contribution in [3.05, 3.63) is 53.9 Å². The van der Waals surface area contributed by atoms with Gasteiger partial charge in [-0.1, -0.05) is 47.6 Å². The van der Waals surface area contributed by atoms with Crippen molar-refractivity contribution in [1.82, 2.24) is 4.98 Å². The molecular formula is C21H29NO. The number of rotatable bonds is 3. The zero-order valence-electron chi connectivity index (χ0n) is 15.2. The molecule has 2 rings (SSSR count). The number of phenolic OH excluding ortho intramolecular Hbond substituents is 1. The Hall–Kier alpha value is -1.96. The molecule has 2 heteroatoms. The van der Waals surface area contributed by atoms with Crippen LogP contribution in [-0.4, -0.2) is 10.1 Å². The number of benzene rings is 1. The van der Waals surface area contributed by atoms with Crippen molar-refractivity contribution < 1.29 is 5.11 Å². The third-order valence-corrected chi connectivity index (χ3v) is 4.22. The second kappa shape index (κ2) is 5.92. The molecule has 2 aromatic rings. The van der Waals surface area contributed by atoms with Crippen LogP contribution in [0.25, 0.3) is 11.1 Å². The number of hydrogen-bond donors (Lipinski definition) is 2. The second-order valence-corrected chi connectivity index (χ2v) is 8.28. The summed E-state index contributed by atoms with van der Waals surface area (Å²) in [6, 6.07) is 6.35. The Bertz CT molecular complexity index is 673. The molecule has 0 saturated heterocycles. The highest BCUT2D eigenvalue weighted by atomic mass is 16.3. The normalized spacial score (nSPS) is 12.4. The number of phenols is 1. The van der Waals surface area contributed by atoms with Gasteiger partial charge in [0, 0.05) is 35.0 Å². The summed E-state index contributed by atoms with van der Waals surface area (Å²) in [6.45, 7) is 16.7. The fraction of sp³-hybridized carbons (Fsp3) is 0.429. The van der Waals surface area contributed by atoms with Crippen LogP contribution in [-0.2, 0) is 17.3 Å². The van der Waals surface area contributed by atoms with Crippen LogP contribution in [0.15, 0.2) is 37.1 Å². The van der Waals surface area contributed by atoms with E-state index >= 15 is 0 Å². The Morgan fingerprint density at radius 3 is 2.00 bits per heavy atom. The highest BCUT2D eigenvalue weighted by Gasteiger charge is 2.27. The van der Waals surface area contributed by atoms with Gasteiger partial charge in [-0.3, -0.25) is 0 Å². The predicted molar refractivity (Wildman–Crippen MR) is 99.2 cm³/mol. The molecule has 0 radical (unpaired) electrons. The molecule has 0 spiro atoms. The molecular weight excluding hydrogens is 282 g/mol. The van der Waals surface area contributed by atoms with Crippen LogP contribution < -0.4 is 0 Å². The van der Waals surface area contributed by atoms with Crippen LogP contribution in [0.4, 0.5) is 0 Å². The Morgan fingerprint density at radius 1 is 1.04 bits per heavy atom. The number of H-pyrrole nitrogens is 1. The summed E-state index contributed by atoms with van der Waals surface area (Å²) in [7, 11) is 0. The molecule has 0 fully saturated rings. The minimum absolute atomic E-state index is 0.116. The molecule has 1 heterocycles. The summed E-state index contributed by atoms with van der Waals surface area (Å²) in [5, 5.41) is 10.8. The van der Waals surface area contributed by atoms with E-state index in [1.54, 1.807) is 0 Å². The quantitative estimate of drug-likeness (QED) is 0.700. The van der Waals surface area contributed by atoms with Gasteiger partial charge in [-0.05, 0) is 34.6 Å². The number of aromatic nitrogens is 1. The second-order valence-electron chi connectivity index (χ2n) is 8.28. The third kappa shape index (κ3) is 3.52. The van der Waals surface area contributed by atoms with Gasteiger partial charge in [-0.25, -0.2) is 0 Å². The smallest absolute Gasteiger partial charge is 0.123 e. The Balaban J connectivity index is 2.74. The van der Waals surface area contributed by atoms with Gasteiger partial charge < -0.3 is 10.1 Å². The zero-order chi connectivity index (χ0) is 17.4. The average molecular weight is 311 g/mol. The first kappa shape index (κ1) is 17.4. The van der Waals surface area contributed by atoms with Gasteiger partial charge in [0.2, 0.25) is 0 Å². The highest BCUT2D eigenvalue weighted by Crippen LogP contribution is 2.42. The van der Waals surface area contributed by atoms with Crippen LogP contribution in [0.3, 0.4) is 0 Å². The summed E-state index contributed by atoms with van der Waals surface area (Å²) in [5.74, 6) is 0.426. The number of aromatic amines is 1. The Kier molecular flexibility index (Phi) is 4.48. The first-order valence-electron chi connectivity index (χ1n) is 8.21. The molecule has 0 amide bonds. The van der Waals surface area contributed by atoms with Gasteiger partial charge in [0.15, 0.2) is 0 Å². The van der Waals surface area contributed by atoms with Gasteiger partial charge in [-0.15, -0.1) is 6.58 Å². The van der Waals surface area contributed by atoms with Crippen LogP contribution in [0.1, 0.15) is 58.4 Å². The van der Waals surface area contributed by atoms with Crippen LogP contribution >= 0.6 is 0 Å². The standard InChI is InChI=1S/C21H29NO/c1-8-9-18-15(10-11-22-18)14-12-16(20(2,3)4)19(23)17(13-14)21(5,6)7/h8,10-13,22-23H,1,9H2,2-7H3. The summed E-state index contributed by atoms with van der Waals surface area (Å²) in [5.41, 5.74) is 5.24. The van der Waals surface area contributed by atoms with E-state index in [1.165, 1.54) is 5.56 Å². The van der Waals surface area contributed by atoms with E-state index in [2.05, 4.69) is 71.3 Å². The number of aromatic hydroxyl groups is 1. The van der Waals surface area contributed by atoms with Crippen molar-refractivity contribution in [3.63, 3.8) is 0 Å². The Labute approximate surface area is 140 Å². The summed E-state index contributed by atoms with van der Waals surface area (Å²) in [4.78, 5) is 3.30. The van der Waals surface area contributed by atoms with Crippen LogP contribution in [0.5, 0.6) is 5.75 Å². The van der Waals surface area contributed by atoms with E-state index in [0.29, 0.717) is 5.75 Å². The Morgan fingerprint density at radius 2 is 1.57 bits per heavy atom. The van der Waals surface area contributed by atoms with Gasteiger partial charge in [0.25, 0.3) is 0 Å². The summed E-state index contributed by atoms with van der Waals surface area (Å²) < 4.78 is 0. The lowest BCUT2D eigenvalue weighted by atomic mass is 9.77. The first-order chi connectivity index (χ1) is 10.6. The van der Waals surface area contributed by atoms with Gasteiger partial charge in [0.05, 0.1) is 0 Å². The van der Waals surface area contributed by atoms with E-state index in [0.717, 1.165) is 28.8 Å². The number of nitrogens with one attached hydrogen (secondary N) is 1. The first-order valence-corrected chi connectivity index (χ1v) is 8.21. The minimum Gasteiger partial charge on any atom is -0.507 e. The van der Waals surface area contributed by atoms with E-state index in [9.17, 15) is 5.11 Å². The molecule has 124 valence electrons. The molecule has 0 bridgehead atoms. The molecule has 0 saturated carbocycles. The predicted octanol–water partition coefficient (Wildman–Crippen LogP) is 5.71. The minimum atomic E-state index is -0.116. The lowest BCUT2D eigenvalue weighted by molar-refractivity contribution is 0.423. The van der Waals surface area contributed by atoms with Gasteiger partial charge >= 0.3 is 0 Å². The van der Waals surface area contributed by atoms with Gasteiger partial charge in [0.1, 0.15) is 5.75 Å². The molecule has 2 N–H and O–H groups in total. The topological polar surface area (TPSA) is 36.0 Å². The van der Waals surface area contributed by atoms with Crippen LogP contribution in [0.2, 0.25) is 0 Å². The van der Waals surface area contributed by atoms with E-state index < -0.39 is 0 Å². The average Bonchev–Trinajstić information content (AvgIpc) is 2.85. The van der Waals surface area contributed by atoms with E-state index in [1.807, 2.05) is 12.3 Å². The van der Waals surface area contributed by atoms with Crippen molar-refractivity contribution in [3.8, 4) is 16.9 Å². The lowest BCUT2D eigenvalue weighted by Gasteiger charge is -2.28. The molecule has 1 aromatic carbocycles. The molecule has 23 heavy (non-hydrogen) atoms. The van der Waals surface area contributed by atoms with Crippen molar-refractivity contribution in [2.75, 3.05) is 0 Å². The number of allylic oxidation sites excluding steroid dienone is 1. The maximum atomic E-state index is 10.8. The van der Waals surface area contributed by atoms with E-state index in [-0.39, 0.29) is 10.8 Å². The monoisotopic (exact) mass is 311 g/mol. The SMILES string of the molecule is C=CCc1[nH]ccc1-c1cc(C(C)(C)C)c(O)c(C(C)(C)C)c1. The summed E-state index contributed by atoms with van der Waals surface area (Å²) >= 11 is 0. The molecule has 0 aliphatic rings. The third-order valence-electron chi connectivity index (χ3n) is 4.22. The fourth-order valence-electron chi connectivity index (χ4n) is 2.92. The van der Waals surface area contributed by atoms with Crippen molar-refractivity contribution in [2.45, 2.75) is 58.8 Å². The maximum Gasteiger partial charge on any atom is 0.123 e. The van der Waals surface area contributed by atoms with Crippen molar-refractivity contribution in [1.29, 1.82) is 0 Å². The maximum absolute atomic E-state index is 10.8. The molecule has 0 atom stereocenters. The van der Waals surface area contributed by atoms with Crippen LogP contribution in [0, 0.1) is 0 Å². The van der Waals surface area contributed by atoms with Crippen molar-refractivity contribution >= 4 is 0 Å². The zero-order valence-corrected chi connectivity index (χ0v) is 15.2.